The van der Waals surface area contributed by atoms with E-state index in [0.717, 1.165) is 19.0 Å². The van der Waals surface area contributed by atoms with E-state index in [1.807, 2.05) is 0 Å². The number of alkyl halides is 2. The molecule has 0 radical (unpaired) electrons. The molecule has 14 heavy (non-hydrogen) atoms. The highest BCUT2D eigenvalue weighted by molar-refractivity contribution is 5.33. The molecule has 1 aromatic carbocycles. The molecule has 1 aliphatic rings. The Morgan fingerprint density at radius 1 is 1.36 bits per heavy atom. The first-order valence-corrected chi connectivity index (χ1v) is 4.50. The van der Waals surface area contributed by atoms with Crippen LogP contribution in [0.15, 0.2) is 18.2 Å². The highest BCUT2D eigenvalue weighted by Gasteiger charge is 2.26. The third-order valence-electron chi connectivity index (χ3n) is 2.50. The first-order valence-electron chi connectivity index (χ1n) is 4.50. The van der Waals surface area contributed by atoms with Crippen LogP contribution < -0.4 is 5.32 Å². The predicted molar refractivity (Wildman–Crippen MR) is 46.7 cm³/mol. The van der Waals surface area contributed by atoms with Gasteiger partial charge in [0.1, 0.15) is 5.82 Å². The minimum absolute atomic E-state index is 0.102. The number of benzene rings is 1. The van der Waals surface area contributed by atoms with Crippen molar-refractivity contribution in [2.75, 3.05) is 6.54 Å². The lowest BCUT2D eigenvalue weighted by Crippen LogP contribution is -2.35. The maximum absolute atomic E-state index is 13.1. The molecular formula is C10H10F3N. The SMILES string of the molecule is Fc1cccc(C2CCN2)c1C(F)F. The van der Waals surface area contributed by atoms with Gasteiger partial charge in [0.25, 0.3) is 6.43 Å². The van der Waals surface area contributed by atoms with Gasteiger partial charge in [0.05, 0.1) is 5.56 Å². The lowest BCUT2D eigenvalue weighted by atomic mass is 9.93. The molecule has 1 unspecified atom stereocenters. The maximum Gasteiger partial charge on any atom is 0.266 e. The molecule has 0 spiro atoms. The second-order valence-corrected chi connectivity index (χ2v) is 3.34. The molecule has 4 heteroatoms. The quantitative estimate of drug-likeness (QED) is 0.775. The zero-order valence-corrected chi connectivity index (χ0v) is 7.43. The number of halogens is 3. The second kappa shape index (κ2) is 3.61. The third-order valence-corrected chi connectivity index (χ3v) is 2.50. The van der Waals surface area contributed by atoms with Crippen LogP contribution in [0.25, 0.3) is 0 Å². The second-order valence-electron chi connectivity index (χ2n) is 3.34. The fourth-order valence-corrected chi connectivity index (χ4v) is 1.64. The Kier molecular flexibility index (Phi) is 2.46. The van der Waals surface area contributed by atoms with Crippen molar-refractivity contribution in [2.24, 2.45) is 0 Å². The van der Waals surface area contributed by atoms with Crippen LogP contribution in [0, 0.1) is 5.82 Å². The van der Waals surface area contributed by atoms with E-state index in [-0.39, 0.29) is 6.04 Å². The smallest absolute Gasteiger partial charge is 0.266 e. The summed E-state index contributed by atoms with van der Waals surface area (Å²) in [6.07, 6.45) is -1.95. The highest BCUT2D eigenvalue weighted by Crippen LogP contribution is 2.33. The van der Waals surface area contributed by atoms with Gasteiger partial charge < -0.3 is 5.32 Å². The predicted octanol–water partition coefficient (Wildman–Crippen LogP) is 2.80. The zero-order chi connectivity index (χ0) is 10.1. The van der Waals surface area contributed by atoms with E-state index in [9.17, 15) is 13.2 Å². The summed E-state index contributed by atoms with van der Waals surface area (Å²) in [5.74, 6) is -0.814. The summed E-state index contributed by atoms with van der Waals surface area (Å²) >= 11 is 0. The van der Waals surface area contributed by atoms with Crippen LogP contribution in [-0.4, -0.2) is 6.54 Å². The summed E-state index contributed by atoms with van der Waals surface area (Å²) in [6, 6.07) is 4.00. The summed E-state index contributed by atoms with van der Waals surface area (Å²) in [6.45, 7) is 0.809. The Morgan fingerprint density at radius 3 is 2.57 bits per heavy atom. The molecule has 1 saturated heterocycles. The fourth-order valence-electron chi connectivity index (χ4n) is 1.64. The molecule has 0 saturated carbocycles. The molecule has 1 aromatic rings. The first-order chi connectivity index (χ1) is 6.70. The molecule has 0 aliphatic carbocycles. The average Bonchev–Trinajstić information content (AvgIpc) is 1.99. The van der Waals surface area contributed by atoms with Crippen LogP contribution in [0.3, 0.4) is 0 Å². The number of hydrogen-bond acceptors (Lipinski definition) is 1. The average molecular weight is 201 g/mol. The van der Waals surface area contributed by atoms with Gasteiger partial charge in [-0.2, -0.15) is 0 Å². The molecule has 1 atom stereocenters. The van der Waals surface area contributed by atoms with E-state index in [1.165, 1.54) is 6.07 Å². The Morgan fingerprint density at radius 2 is 2.07 bits per heavy atom. The van der Waals surface area contributed by atoms with Gasteiger partial charge in [0.2, 0.25) is 0 Å². The van der Waals surface area contributed by atoms with Gasteiger partial charge >= 0.3 is 0 Å². The molecule has 1 aliphatic heterocycles. The summed E-state index contributed by atoms with van der Waals surface area (Å²) in [5.41, 5.74) is -0.0593. The highest BCUT2D eigenvalue weighted by atomic mass is 19.3. The van der Waals surface area contributed by atoms with Crippen molar-refractivity contribution in [1.82, 2.24) is 5.32 Å². The molecule has 76 valence electrons. The summed E-state index contributed by atoms with van der Waals surface area (Å²) in [7, 11) is 0. The maximum atomic E-state index is 13.1. The molecule has 2 rings (SSSR count). The molecule has 0 amide bonds. The van der Waals surface area contributed by atoms with E-state index in [4.69, 9.17) is 0 Å². The van der Waals surface area contributed by atoms with Crippen LogP contribution in [0.1, 0.15) is 30.0 Å². The molecular weight excluding hydrogens is 191 g/mol. The monoisotopic (exact) mass is 201 g/mol. The minimum Gasteiger partial charge on any atom is -0.310 e. The third kappa shape index (κ3) is 1.50. The van der Waals surface area contributed by atoms with Gasteiger partial charge in [-0.1, -0.05) is 12.1 Å². The minimum atomic E-state index is -2.74. The molecule has 0 bridgehead atoms. The van der Waals surface area contributed by atoms with Gasteiger partial charge in [-0.3, -0.25) is 0 Å². The van der Waals surface area contributed by atoms with Gasteiger partial charge in [-0.05, 0) is 24.6 Å². The van der Waals surface area contributed by atoms with Crippen molar-refractivity contribution in [3.8, 4) is 0 Å². The van der Waals surface area contributed by atoms with Crippen LogP contribution in [0.5, 0.6) is 0 Å². The van der Waals surface area contributed by atoms with Gasteiger partial charge in [-0.15, -0.1) is 0 Å². The largest absolute Gasteiger partial charge is 0.310 e. The van der Waals surface area contributed by atoms with Crippen molar-refractivity contribution in [3.05, 3.63) is 35.1 Å². The van der Waals surface area contributed by atoms with Crippen LogP contribution in [-0.2, 0) is 0 Å². The van der Waals surface area contributed by atoms with Crippen LogP contribution in [0.2, 0.25) is 0 Å². The molecule has 1 N–H and O–H groups in total. The molecule has 0 aromatic heterocycles. The van der Waals surface area contributed by atoms with E-state index in [1.54, 1.807) is 6.07 Å². The Bertz CT molecular complexity index is 334. The standard InChI is InChI=1S/C10H10F3N/c11-7-3-1-2-6(8-4-5-14-8)9(7)10(12)13/h1-3,8,10,14H,4-5H2. The van der Waals surface area contributed by atoms with Crippen molar-refractivity contribution < 1.29 is 13.2 Å². The van der Waals surface area contributed by atoms with Gasteiger partial charge in [0.15, 0.2) is 0 Å². The molecule has 1 fully saturated rings. The van der Waals surface area contributed by atoms with E-state index in [2.05, 4.69) is 5.32 Å². The van der Waals surface area contributed by atoms with E-state index >= 15 is 0 Å². The van der Waals surface area contributed by atoms with Crippen molar-refractivity contribution in [1.29, 1.82) is 0 Å². The van der Waals surface area contributed by atoms with Crippen LogP contribution in [0.4, 0.5) is 13.2 Å². The number of hydrogen-bond donors (Lipinski definition) is 1. The molecule has 1 nitrogen and oxygen atoms in total. The van der Waals surface area contributed by atoms with Gasteiger partial charge in [-0.25, -0.2) is 13.2 Å². The fraction of sp³-hybridized carbons (Fsp3) is 0.400. The normalized spacial score (nSPS) is 21.0. The summed E-state index contributed by atoms with van der Waals surface area (Å²) in [5, 5.41) is 2.98. The van der Waals surface area contributed by atoms with Crippen molar-refractivity contribution in [3.63, 3.8) is 0 Å². The lowest BCUT2D eigenvalue weighted by Gasteiger charge is -2.29. The summed E-state index contributed by atoms with van der Waals surface area (Å²) in [4.78, 5) is 0. The van der Waals surface area contributed by atoms with Crippen molar-refractivity contribution >= 4 is 0 Å². The van der Waals surface area contributed by atoms with Crippen molar-refractivity contribution in [2.45, 2.75) is 18.9 Å². The lowest BCUT2D eigenvalue weighted by molar-refractivity contribution is 0.143. The Hall–Kier alpha value is -1.03. The number of nitrogens with one attached hydrogen (secondary N) is 1. The topological polar surface area (TPSA) is 12.0 Å². The molecule has 1 heterocycles. The Labute approximate surface area is 79.9 Å². The first kappa shape index (κ1) is 9.52. The van der Waals surface area contributed by atoms with E-state index < -0.39 is 17.8 Å². The zero-order valence-electron chi connectivity index (χ0n) is 7.43. The summed E-state index contributed by atoms with van der Waals surface area (Å²) < 4.78 is 38.2. The van der Waals surface area contributed by atoms with Gasteiger partial charge in [0, 0.05) is 6.04 Å². The van der Waals surface area contributed by atoms with E-state index in [0.29, 0.717) is 5.56 Å². The Balaban J connectivity index is 2.41. The van der Waals surface area contributed by atoms with Crippen LogP contribution >= 0.6 is 0 Å². The number of rotatable bonds is 2.